The van der Waals surface area contributed by atoms with Crippen molar-refractivity contribution in [2.45, 2.75) is 41.6 Å². The molecule has 0 aliphatic carbocycles. The molecule has 10 heteroatoms. The largest absolute Gasteiger partial charge is 0.392 e. The Bertz CT molecular complexity index is 1440. The van der Waals surface area contributed by atoms with Crippen molar-refractivity contribution in [1.29, 1.82) is 0 Å². The molecule has 0 radical (unpaired) electrons. The number of thioether (sulfide) groups is 1. The summed E-state index contributed by atoms with van der Waals surface area (Å²) >= 11 is 1.51. The number of aromatic nitrogens is 2. The lowest BCUT2D eigenvalue weighted by molar-refractivity contribution is -0.245. The Morgan fingerprint density at radius 3 is 2.39 bits per heavy atom. The van der Waals surface area contributed by atoms with Crippen molar-refractivity contribution in [1.82, 2.24) is 9.97 Å². The van der Waals surface area contributed by atoms with Crippen LogP contribution in [-0.2, 0) is 26.1 Å². The van der Waals surface area contributed by atoms with Crippen molar-refractivity contribution in [2.24, 2.45) is 0 Å². The summed E-state index contributed by atoms with van der Waals surface area (Å²) in [7, 11) is -3.74. The molecule has 1 aromatic heterocycles. The van der Waals surface area contributed by atoms with Gasteiger partial charge in [-0.2, -0.15) is 0 Å². The summed E-state index contributed by atoms with van der Waals surface area (Å²) in [5.41, 5.74) is 2.91. The molecule has 5 rings (SSSR count). The van der Waals surface area contributed by atoms with Crippen LogP contribution in [-0.4, -0.2) is 35.3 Å². The van der Waals surface area contributed by atoms with Gasteiger partial charge in [-0.1, -0.05) is 66.4 Å². The van der Waals surface area contributed by atoms with Gasteiger partial charge in [0.25, 0.3) is 10.0 Å². The lowest BCUT2D eigenvalue weighted by Gasteiger charge is -2.36. The molecule has 4 aromatic rings. The lowest BCUT2D eigenvalue weighted by Crippen LogP contribution is -2.31. The standard InChI is InChI=1S/C28H27N3O5S2/c32-18-20-10-12-21(13-11-20)26-17-24(19-37-28-29-14-5-15-30-28)35-27(36-26)22-6-4-7-23(16-22)31-38(33,34)25-8-2-1-3-9-25/h1-16,24,26-27,31-32H,17-19H2/t24-,26+,27+/m1/s1. The fourth-order valence-corrected chi connectivity index (χ4v) is 6.00. The summed E-state index contributed by atoms with van der Waals surface area (Å²) in [5.74, 6) is 0.620. The smallest absolute Gasteiger partial charge is 0.261 e. The van der Waals surface area contributed by atoms with Crippen LogP contribution in [0.5, 0.6) is 0 Å². The molecule has 0 bridgehead atoms. The first kappa shape index (κ1) is 26.3. The maximum Gasteiger partial charge on any atom is 0.261 e. The van der Waals surface area contributed by atoms with Crippen molar-refractivity contribution in [3.8, 4) is 0 Å². The Hall–Kier alpha value is -3.28. The molecule has 0 saturated carbocycles. The molecule has 0 amide bonds. The quantitative estimate of drug-likeness (QED) is 0.219. The average Bonchev–Trinajstić information content (AvgIpc) is 2.97. The van der Waals surface area contributed by atoms with Crippen LogP contribution in [0.1, 0.15) is 35.5 Å². The number of rotatable bonds is 9. The number of hydrogen-bond acceptors (Lipinski definition) is 8. The highest BCUT2D eigenvalue weighted by atomic mass is 32.2. The molecule has 0 spiro atoms. The van der Waals surface area contributed by atoms with Crippen LogP contribution >= 0.6 is 11.8 Å². The van der Waals surface area contributed by atoms with Gasteiger partial charge in [0.1, 0.15) is 0 Å². The van der Waals surface area contributed by atoms with Gasteiger partial charge in [0.2, 0.25) is 0 Å². The number of nitrogens with zero attached hydrogens (tertiary/aromatic N) is 2. The summed E-state index contributed by atoms with van der Waals surface area (Å²) in [4.78, 5) is 8.75. The van der Waals surface area contributed by atoms with Gasteiger partial charge in [-0.15, -0.1) is 0 Å². The number of aliphatic hydroxyl groups is 1. The van der Waals surface area contributed by atoms with E-state index in [9.17, 15) is 13.5 Å². The summed E-state index contributed by atoms with van der Waals surface area (Å²) < 4.78 is 41.1. The van der Waals surface area contributed by atoms with E-state index < -0.39 is 16.3 Å². The van der Waals surface area contributed by atoms with Gasteiger partial charge in [0.15, 0.2) is 11.4 Å². The van der Waals surface area contributed by atoms with E-state index in [-0.39, 0.29) is 23.7 Å². The molecule has 1 fully saturated rings. The van der Waals surface area contributed by atoms with Crippen LogP contribution in [0.4, 0.5) is 5.69 Å². The third-order valence-electron chi connectivity index (χ3n) is 6.02. The van der Waals surface area contributed by atoms with Crippen LogP contribution in [0.15, 0.2) is 107 Å². The first-order valence-electron chi connectivity index (χ1n) is 12.1. The van der Waals surface area contributed by atoms with Gasteiger partial charge < -0.3 is 14.6 Å². The molecule has 1 aliphatic rings. The lowest BCUT2D eigenvalue weighted by atomic mass is 10.0. The van der Waals surface area contributed by atoms with Gasteiger partial charge in [-0.3, -0.25) is 4.72 Å². The first-order valence-corrected chi connectivity index (χ1v) is 14.6. The second-order valence-electron chi connectivity index (χ2n) is 8.74. The van der Waals surface area contributed by atoms with Crippen molar-refractivity contribution in [3.05, 3.63) is 114 Å². The predicted molar refractivity (Wildman–Crippen MR) is 145 cm³/mol. The number of anilines is 1. The number of benzene rings is 3. The van der Waals surface area contributed by atoms with E-state index >= 15 is 0 Å². The Morgan fingerprint density at radius 2 is 1.66 bits per heavy atom. The minimum atomic E-state index is -3.74. The molecule has 3 aromatic carbocycles. The van der Waals surface area contributed by atoms with E-state index in [2.05, 4.69) is 14.7 Å². The Balaban J connectivity index is 1.37. The van der Waals surface area contributed by atoms with Crippen LogP contribution in [0.2, 0.25) is 0 Å². The SMILES string of the molecule is O=S(=O)(Nc1cccc([C@H]2O[C@@H](CSc3ncccn3)C[C@@H](c3ccc(CO)cc3)O2)c1)c1ccccc1. The number of aliphatic hydroxyl groups excluding tert-OH is 1. The Labute approximate surface area is 226 Å². The van der Waals surface area contributed by atoms with Gasteiger partial charge in [0, 0.05) is 35.8 Å². The van der Waals surface area contributed by atoms with Crippen LogP contribution in [0.3, 0.4) is 0 Å². The van der Waals surface area contributed by atoms with Crippen LogP contribution in [0.25, 0.3) is 0 Å². The molecule has 3 atom stereocenters. The van der Waals surface area contributed by atoms with Crippen molar-refractivity contribution >= 4 is 27.5 Å². The monoisotopic (exact) mass is 549 g/mol. The molecule has 38 heavy (non-hydrogen) atoms. The van der Waals surface area contributed by atoms with E-state index in [0.29, 0.717) is 28.6 Å². The highest BCUT2D eigenvalue weighted by molar-refractivity contribution is 7.99. The van der Waals surface area contributed by atoms with Gasteiger partial charge in [-0.25, -0.2) is 18.4 Å². The second kappa shape index (κ2) is 12.1. The fraction of sp³-hybridized carbons (Fsp3) is 0.214. The zero-order valence-corrected chi connectivity index (χ0v) is 22.0. The third-order valence-corrected chi connectivity index (χ3v) is 8.42. The number of nitrogens with one attached hydrogen (secondary N) is 1. The van der Waals surface area contributed by atoms with Crippen molar-refractivity contribution < 1.29 is 23.0 Å². The highest BCUT2D eigenvalue weighted by Crippen LogP contribution is 2.39. The van der Waals surface area contributed by atoms with E-state index in [4.69, 9.17) is 9.47 Å². The zero-order valence-electron chi connectivity index (χ0n) is 20.4. The summed E-state index contributed by atoms with van der Waals surface area (Å²) in [6.45, 7) is -0.0282. The van der Waals surface area contributed by atoms with Crippen molar-refractivity contribution in [2.75, 3.05) is 10.5 Å². The highest BCUT2D eigenvalue weighted by Gasteiger charge is 2.32. The minimum absolute atomic E-state index is 0.0282. The predicted octanol–water partition coefficient (Wildman–Crippen LogP) is 5.11. The number of sulfonamides is 1. The van der Waals surface area contributed by atoms with E-state index in [0.717, 1.165) is 11.1 Å². The zero-order chi connectivity index (χ0) is 26.4. The maximum atomic E-state index is 12.8. The van der Waals surface area contributed by atoms with Gasteiger partial charge in [0.05, 0.1) is 23.7 Å². The first-order chi connectivity index (χ1) is 18.5. The normalized spacial score (nSPS) is 19.7. The molecule has 2 N–H and O–H groups in total. The molecule has 2 heterocycles. The van der Waals surface area contributed by atoms with E-state index in [1.807, 2.05) is 30.3 Å². The van der Waals surface area contributed by atoms with Crippen LogP contribution < -0.4 is 4.72 Å². The molecule has 1 aliphatic heterocycles. The molecule has 1 saturated heterocycles. The number of ether oxygens (including phenoxy) is 2. The summed E-state index contributed by atoms with van der Waals surface area (Å²) in [6, 6.07) is 24.7. The molecule has 196 valence electrons. The molecular formula is C28H27N3O5S2. The average molecular weight is 550 g/mol. The molecule has 0 unspecified atom stereocenters. The molecule has 8 nitrogen and oxygen atoms in total. The third kappa shape index (κ3) is 6.58. The van der Waals surface area contributed by atoms with Crippen molar-refractivity contribution in [3.63, 3.8) is 0 Å². The Morgan fingerprint density at radius 1 is 0.895 bits per heavy atom. The summed E-state index contributed by atoms with van der Waals surface area (Å²) in [6.07, 6.45) is 2.89. The van der Waals surface area contributed by atoms with Crippen LogP contribution in [0, 0.1) is 0 Å². The maximum absolute atomic E-state index is 12.8. The van der Waals surface area contributed by atoms with Gasteiger partial charge >= 0.3 is 0 Å². The summed E-state index contributed by atoms with van der Waals surface area (Å²) in [5, 5.41) is 10.1. The second-order valence-corrected chi connectivity index (χ2v) is 11.4. The molecular weight excluding hydrogens is 522 g/mol. The van der Waals surface area contributed by atoms with Gasteiger partial charge in [-0.05, 0) is 41.5 Å². The minimum Gasteiger partial charge on any atom is -0.392 e. The van der Waals surface area contributed by atoms with E-state index in [1.54, 1.807) is 67.0 Å². The number of hydrogen-bond donors (Lipinski definition) is 2. The Kier molecular flexibility index (Phi) is 8.35. The fourth-order valence-electron chi connectivity index (χ4n) is 4.11. The van der Waals surface area contributed by atoms with E-state index in [1.165, 1.54) is 11.8 Å². The topological polar surface area (TPSA) is 111 Å².